The summed E-state index contributed by atoms with van der Waals surface area (Å²) >= 11 is 0. The van der Waals surface area contributed by atoms with Gasteiger partial charge in [0.15, 0.2) is 0 Å². The van der Waals surface area contributed by atoms with E-state index in [1.165, 1.54) is 52.1 Å². The third kappa shape index (κ3) is 5.95. The monoisotopic (exact) mass is 583 g/mol. The van der Waals surface area contributed by atoms with Crippen molar-refractivity contribution in [3.63, 3.8) is 0 Å². The van der Waals surface area contributed by atoms with Gasteiger partial charge in [-0.2, -0.15) is 13.2 Å². The fourth-order valence-corrected chi connectivity index (χ4v) is 5.34. The molecule has 12 heteroatoms. The maximum atomic E-state index is 14.7. The molecule has 1 atom stereocenters. The lowest BCUT2D eigenvalue weighted by molar-refractivity contribution is -0.384. The molecule has 1 aliphatic rings. The first-order chi connectivity index (χ1) is 19.9. The van der Waals surface area contributed by atoms with Crippen LogP contribution < -0.4 is 4.74 Å². The van der Waals surface area contributed by atoms with Crippen LogP contribution in [0.4, 0.5) is 18.9 Å². The van der Waals surface area contributed by atoms with Crippen LogP contribution >= 0.6 is 0 Å². The SMILES string of the molecule is O=C(O)c1ccc(OC2CCN(CC(O)(c3cn(Cc4ccccc4)c4cc([N+](=O)[O-])ccc34)C(F)(F)F)CC2)cc1. The van der Waals surface area contributed by atoms with Gasteiger partial charge in [0.1, 0.15) is 11.9 Å². The quantitative estimate of drug-likeness (QED) is 0.195. The van der Waals surface area contributed by atoms with E-state index in [1.54, 1.807) is 30.3 Å². The maximum Gasteiger partial charge on any atom is 0.422 e. The first-order valence-electron chi connectivity index (χ1n) is 13.3. The molecular formula is C30H28F3N3O6. The van der Waals surface area contributed by atoms with Gasteiger partial charge in [0, 0.05) is 55.5 Å². The van der Waals surface area contributed by atoms with E-state index in [0.29, 0.717) is 18.6 Å². The molecule has 42 heavy (non-hydrogen) atoms. The number of alkyl halides is 3. The number of aromatic nitrogens is 1. The number of benzene rings is 3. The molecule has 0 spiro atoms. The molecule has 2 heterocycles. The highest BCUT2D eigenvalue weighted by Gasteiger charge is 2.57. The van der Waals surface area contributed by atoms with Gasteiger partial charge in [0.05, 0.1) is 16.0 Å². The van der Waals surface area contributed by atoms with Gasteiger partial charge < -0.3 is 19.5 Å². The van der Waals surface area contributed by atoms with Crippen molar-refractivity contribution in [3.8, 4) is 5.75 Å². The number of β-amino-alcohol motifs (C(OH)–C–C–N with tert-alkyl or cyclic N) is 1. The number of nitrogens with zero attached hydrogens (tertiary/aromatic N) is 3. The van der Waals surface area contributed by atoms with Crippen molar-refractivity contribution in [2.75, 3.05) is 19.6 Å². The van der Waals surface area contributed by atoms with E-state index in [2.05, 4.69) is 0 Å². The summed E-state index contributed by atoms with van der Waals surface area (Å²) in [5, 5.41) is 32.0. The van der Waals surface area contributed by atoms with E-state index in [1.807, 2.05) is 0 Å². The highest BCUT2D eigenvalue weighted by atomic mass is 19.4. The Morgan fingerprint density at radius 3 is 2.29 bits per heavy atom. The Labute approximate surface area is 238 Å². The van der Waals surface area contributed by atoms with Crippen molar-refractivity contribution < 1.29 is 37.8 Å². The third-order valence-electron chi connectivity index (χ3n) is 7.58. The number of carboxylic acid groups (broad SMARTS) is 1. The molecule has 0 radical (unpaired) electrons. The van der Waals surface area contributed by atoms with Crippen LogP contribution in [0.5, 0.6) is 5.75 Å². The lowest BCUT2D eigenvalue weighted by atomic mass is 9.91. The number of carbonyl (C=O) groups is 1. The second-order valence-corrected chi connectivity index (χ2v) is 10.4. The lowest BCUT2D eigenvalue weighted by Crippen LogP contribution is -2.53. The van der Waals surface area contributed by atoms with E-state index < -0.39 is 29.2 Å². The Morgan fingerprint density at radius 1 is 1.02 bits per heavy atom. The third-order valence-corrected chi connectivity index (χ3v) is 7.58. The standard InChI is InChI=1S/C30H28F3N3O6/c31-30(32,33)29(39,19-34-14-12-24(13-15-34)42-23-9-6-21(7-10-23)28(37)38)26-18-35(17-20-4-2-1-3-5-20)27-16-22(36(40)41)8-11-25(26)27/h1-11,16,18,24,39H,12-15,17,19H2,(H,37,38). The molecule has 0 bridgehead atoms. The molecule has 1 saturated heterocycles. The van der Waals surface area contributed by atoms with Gasteiger partial charge in [-0.25, -0.2) is 4.79 Å². The summed E-state index contributed by atoms with van der Waals surface area (Å²) in [6, 6.07) is 18.5. The van der Waals surface area contributed by atoms with Crippen LogP contribution in [0.25, 0.3) is 10.9 Å². The summed E-state index contributed by atoms with van der Waals surface area (Å²) in [4.78, 5) is 23.4. The Kier molecular flexibility index (Phi) is 7.93. The maximum absolute atomic E-state index is 14.7. The minimum absolute atomic E-state index is 0.0828. The number of likely N-dealkylation sites (tertiary alicyclic amines) is 1. The van der Waals surface area contributed by atoms with Crippen LogP contribution in [0.3, 0.4) is 0 Å². The number of hydrogen-bond acceptors (Lipinski definition) is 6. The van der Waals surface area contributed by atoms with Gasteiger partial charge in [-0.15, -0.1) is 0 Å². The van der Waals surface area contributed by atoms with E-state index in [9.17, 15) is 33.2 Å². The fraction of sp³-hybridized carbons (Fsp3) is 0.300. The molecule has 0 aliphatic carbocycles. The number of rotatable bonds is 9. The summed E-state index contributed by atoms with van der Waals surface area (Å²) in [6.45, 7) is -0.116. The van der Waals surface area contributed by atoms with Crippen LogP contribution in [-0.2, 0) is 12.1 Å². The molecule has 9 nitrogen and oxygen atoms in total. The normalized spacial score (nSPS) is 16.3. The Bertz CT molecular complexity index is 1580. The number of piperidine rings is 1. The summed E-state index contributed by atoms with van der Waals surface area (Å²) in [7, 11) is 0. The number of non-ortho nitro benzene ring substituents is 1. The first-order valence-corrected chi connectivity index (χ1v) is 13.3. The number of hydrogen-bond donors (Lipinski definition) is 2. The van der Waals surface area contributed by atoms with E-state index >= 15 is 0 Å². The summed E-state index contributed by atoms with van der Waals surface area (Å²) in [6.07, 6.45) is -3.29. The highest BCUT2D eigenvalue weighted by Crippen LogP contribution is 2.44. The number of ether oxygens (including phenoxy) is 1. The van der Waals surface area contributed by atoms with E-state index in [0.717, 1.165) is 11.6 Å². The molecule has 0 saturated carbocycles. The molecule has 1 unspecified atom stereocenters. The summed E-state index contributed by atoms with van der Waals surface area (Å²) in [5.41, 5.74) is -2.77. The molecule has 5 rings (SSSR count). The number of halogens is 3. The number of fused-ring (bicyclic) bond motifs is 1. The highest BCUT2D eigenvalue weighted by molar-refractivity contribution is 5.88. The molecule has 1 fully saturated rings. The van der Waals surface area contributed by atoms with Gasteiger partial charge in [0.25, 0.3) is 5.69 Å². The van der Waals surface area contributed by atoms with Crippen molar-refractivity contribution in [2.24, 2.45) is 0 Å². The number of nitro benzene ring substituents is 1. The average molecular weight is 584 g/mol. The van der Waals surface area contributed by atoms with Crippen molar-refractivity contribution in [1.29, 1.82) is 0 Å². The largest absolute Gasteiger partial charge is 0.490 e. The zero-order valence-electron chi connectivity index (χ0n) is 22.3. The van der Waals surface area contributed by atoms with Gasteiger partial charge in [0.2, 0.25) is 5.60 Å². The lowest BCUT2D eigenvalue weighted by Gasteiger charge is -2.39. The zero-order valence-corrected chi connectivity index (χ0v) is 22.3. The van der Waals surface area contributed by atoms with Crippen molar-refractivity contribution in [3.05, 3.63) is 106 Å². The zero-order chi connectivity index (χ0) is 30.1. The smallest absolute Gasteiger partial charge is 0.422 e. The Hall–Kier alpha value is -4.42. The molecule has 0 amide bonds. The summed E-state index contributed by atoms with van der Waals surface area (Å²) < 4.78 is 51.5. The summed E-state index contributed by atoms with van der Waals surface area (Å²) in [5.74, 6) is -0.598. The van der Waals surface area contributed by atoms with Crippen LogP contribution in [0.2, 0.25) is 0 Å². The molecule has 3 aromatic carbocycles. The molecule has 2 N–H and O–H groups in total. The van der Waals surface area contributed by atoms with E-state index in [4.69, 9.17) is 9.84 Å². The van der Waals surface area contributed by atoms with Crippen LogP contribution in [0.1, 0.15) is 34.3 Å². The molecule has 1 aromatic heterocycles. The van der Waals surface area contributed by atoms with Gasteiger partial charge in [-0.3, -0.25) is 15.0 Å². The molecule has 4 aromatic rings. The number of aromatic carboxylic acids is 1. The minimum Gasteiger partial charge on any atom is -0.490 e. The average Bonchev–Trinajstić information content (AvgIpc) is 3.32. The van der Waals surface area contributed by atoms with Gasteiger partial charge in [-0.1, -0.05) is 30.3 Å². The molecular weight excluding hydrogens is 555 g/mol. The predicted octanol–water partition coefficient (Wildman–Crippen LogP) is 5.59. The van der Waals surface area contributed by atoms with Crippen molar-refractivity contribution in [2.45, 2.75) is 37.3 Å². The fourth-order valence-electron chi connectivity index (χ4n) is 5.34. The minimum atomic E-state index is -5.04. The van der Waals surface area contributed by atoms with E-state index in [-0.39, 0.29) is 53.5 Å². The van der Waals surface area contributed by atoms with Crippen molar-refractivity contribution >= 4 is 22.6 Å². The predicted molar refractivity (Wildman–Crippen MR) is 148 cm³/mol. The molecule has 1 aliphatic heterocycles. The second-order valence-electron chi connectivity index (χ2n) is 10.4. The van der Waals surface area contributed by atoms with Gasteiger partial charge in [-0.05, 0) is 48.7 Å². The van der Waals surface area contributed by atoms with Gasteiger partial charge >= 0.3 is 12.1 Å². The van der Waals surface area contributed by atoms with Crippen LogP contribution in [0, 0.1) is 10.1 Å². The number of nitro groups is 1. The second kappa shape index (κ2) is 11.5. The van der Waals surface area contributed by atoms with Crippen molar-refractivity contribution in [1.82, 2.24) is 9.47 Å². The topological polar surface area (TPSA) is 118 Å². The number of carboxylic acids is 1. The number of aliphatic hydroxyl groups is 1. The Balaban J connectivity index is 1.40. The molecule has 220 valence electrons. The van der Waals surface area contributed by atoms with Crippen LogP contribution in [0.15, 0.2) is 79.0 Å². The van der Waals surface area contributed by atoms with Crippen LogP contribution in [-0.4, -0.2) is 62.5 Å². The first kappa shape index (κ1) is 29.1. The Morgan fingerprint density at radius 2 is 1.69 bits per heavy atom.